The van der Waals surface area contributed by atoms with Gasteiger partial charge >= 0.3 is 0 Å². The molecule has 0 bridgehead atoms. The quantitative estimate of drug-likeness (QED) is 0.645. The van der Waals surface area contributed by atoms with Crippen LogP contribution in [0.3, 0.4) is 0 Å². The van der Waals surface area contributed by atoms with E-state index >= 15 is 0 Å². The number of anilines is 1. The summed E-state index contributed by atoms with van der Waals surface area (Å²) in [6, 6.07) is 12.0. The maximum Gasteiger partial charge on any atom is 0.175 e. The molecular weight excluding hydrogens is 344 g/mol. The van der Waals surface area contributed by atoms with Crippen LogP contribution >= 0.6 is 0 Å². The lowest BCUT2D eigenvalue weighted by molar-refractivity contribution is 0.177. The van der Waals surface area contributed by atoms with Gasteiger partial charge in [-0.3, -0.25) is 0 Å². The molecule has 1 aliphatic carbocycles. The molecular formula is C18H22N8O. The van der Waals surface area contributed by atoms with Crippen molar-refractivity contribution in [2.24, 2.45) is 5.73 Å². The van der Waals surface area contributed by atoms with Crippen LogP contribution in [0.1, 0.15) is 36.1 Å². The summed E-state index contributed by atoms with van der Waals surface area (Å²) < 4.78 is 6.91. The fourth-order valence-corrected chi connectivity index (χ4v) is 3.17. The summed E-state index contributed by atoms with van der Waals surface area (Å²) >= 11 is 0. The van der Waals surface area contributed by atoms with E-state index in [9.17, 15) is 0 Å². The van der Waals surface area contributed by atoms with Crippen molar-refractivity contribution in [2.45, 2.75) is 38.0 Å². The van der Waals surface area contributed by atoms with Crippen molar-refractivity contribution in [1.29, 1.82) is 0 Å². The number of nitrogens with two attached hydrogens (primary N) is 1. The Bertz CT molecular complexity index is 891. The Balaban J connectivity index is 1.52. The molecule has 0 spiro atoms. The second kappa shape index (κ2) is 7.77. The summed E-state index contributed by atoms with van der Waals surface area (Å²) in [5.74, 6) is 2.46. The zero-order valence-corrected chi connectivity index (χ0v) is 15.1. The first-order valence-electron chi connectivity index (χ1n) is 8.92. The van der Waals surface area contributed by atoms with Crippen LogP contribution in [0.4, 0.5) is 5.82 Å². The molecule has 0 aliphatic heterocycles. The minimum Gasteiger partial charge on any atom is -0.377 e. The van der Waals surface area contributed by atoms with Crippen LogP contribution in [0, 0.1) is 0 Å². The lowest BCUT2D eigenvalue weighted by atomic mass is 9.78. The first-order chi connectivity index (χ1) is 13.2. The molecule has 4 rings (SSSR count). The first-order valence-corrected chi connectivity index (χ1v) is 8.92. The molecule has 0 saturated heterocycles. The average Bonchev–Trinajstić information content (AvgIpc) is 3.13. The Kier molecular flexibility index (Phi) is 5.03. The predicted molar refractivity (Wildman–Crippen MR) is 99.2 cm³/mol. The summed E-state index contributed by atoms with van der Waals surface area (Å²) in [6.07, 6.45) is 1.91. The summed E-state index contributed by atoms with van der Waals surface area (Å²) in [6.45, 7) is 0.804. The standard InChI is InChI=1S/C18H22N8O/c1-27-11-17-21-15(12-7-13(19)8-12)9-16(22-17)20-10-18-23-24-25-26(18)14-5-3-2-4-6-14/h2-6,9,12-13H,7-8,10-11,19H2,1H3,(H,20,21,22). The van der Waals surface area contributed by atoms with Crippen molar-refractivity contribution in [3.63, 3.8) is 0 Å². The highest BCUT2D eigenvalue weighted by molar-refractivity contribution is 5.38. The first kappa shape index (κ1) is 17.5. The van der Waals surface area contributed by atoms with E-state index in [2.05, 4.69) is 30.8 Å². The zero-order valence-electron chi connectivity index (χ0n) is 15.1. The number of benzene rings is 1. The fraction of sp³-hybridized carbons (Fsp3) is 0.389. The van der Waals surface area contributed by atoms with Gasteiger partial charge in [-0.05, 0) is 35.4 Å². The summed E-state index contributed by atoms with van der Waals surface area (Å²) in [4.78, 5) is 9.14. The topological polar surface area (TPSA) is 117 Å². The normalized spacial score (nSPS) is 18.9. The van der Waals surface area contributed by atoms with Crippen LogP contribution in [0.2, 0.25) is 0 Å². The van der Waals surface area contributed by atoms with Gasteiger partial charge in [0.1, 0.15) is 12.4 Å². The lowest BCUT2D eigenvalue weighted by Gasteiger charge is -2.32. The van der Waals surface area contributed by atoms with E-state index in [0.29, 0.717) is 30.7 Å². The van der Waals surface area contributed by atoms with Gasteiger partial charge in [0, 0.05) is 30.8 Å². The molecule has 27 heavy (non-hydrogen) atoms. The van der Waals surface area contributed by atoms with E-state index < -0.39 is 0 Å². The van der Waals surface area contributed by atoms with E-state index in [1.807, 2.05) is 36.4 Å². The van der Waals surface area contributed by atoms with Crippen LogP contribution < -0.4 is 11.1 Å². The van der Waals surface area contributed by atoms with Crippen molar-refractivity contribution >= 4 is 5.82 Å². The monoisotopic (exact) mass is 366 g/mol. The molecule has 0 atom stereocenters. The predicted octanol–water partition coefficient (Wildman–Crippen LogP) is 1.42. The highest BCUT2D eigenvalue weighted by Gasteiger charge is 2.29. The SMILES string of the molecule is COCc1nc(NCc2nnnn2-c2ccccc2)cc(C2CC(N)C2)n1. The number of rotatable bonds is 7. The number of tetrazole rings is 1. The van der Waals surface area contributed by atoms with Gasteiger partial charge in [-0.25, -0.2) is 9.97 Å². The van der Waals surface area contributed by atoms with Crippen molar-refractivity contribution < 1.29 is 4.74 Å². The van der Waals surface area contributed by atoms with E-state index in [0.717, 1.165) is 30.0 Å². The summed E-state index contributed by atoms with van der Waals surface area (Å²) in [5, 5.41) is 15.3. The minimum absolute atomic E-state index is 0.266. The Morgan fingerprint density at radius 1 is 1.22 bits per heavy atom. The zero-order chi connectivity index (χ0) is 18.6. The molecule has 140 valence electrons. The second-order valence-electron chi connectivity index (χ2n) is 6.65. The molecule has 1 aromatic carbocycles. The van der Waals surface area contributed by atoms with Crippen molar-refractivity contribution in [3.8, 4) is 5.69 Å². The summed E-state index contributed by atoms with van der Waals surface area (Å²) in [7, 11) is 1.64. The maximum absolute atomic E-state index is 5.93. The van der Waals surface area contributed by atoms with Crippen LogP contribution in [0.15, 0.2) is 36.4 Å². The van der Waals surface area contributed by atoms with Crippen LogP contribution in [-0.4, -0.2) is 43.3 Å². The number of hydrogen-bond donors (Lipinski definition) is 2. The number of nitrogens with zero attached hydrogens (tertiary/aromatic N) is 6. The number of methoxy groups -OCH3 is 1. The number of hydrogen-bond acceptors (Lipinski definition) is 8. The van der Waals surface area contributed by atoms with Gasteiger partial charge in [0.2, 0.25) is 0 Å². The maximum atomic E-state index is 5.93. The van der Waals surface area contributed by atoms with Gasteiger partial charge in [-0.1, -0.05) is 18.2 Å². The lowest BCUT2D eigenvalue weighted by Crippen LogP contribution is -2.35. The van der Waals surface area contributed by atoms with E-state index in [1.54, 1.807) is 11.8 Å². The third-order valence-corrected chi connectivity index (χ3v) is 4.62. The van der Waals surface area contributed by atoms with Crippen molar-refractivity contribution in [2.75, 3.05) is 12.4 Å². The Morgan fingerprint density at radius 2 is 2.04 bits per heavy atom. The van der Waals surface area contributed by atoms with Gasteiger partial charge in [-0.2, -0.15) is 4.68 Å². The second-order valence-corrected chi connectivity index (χ2v) is 6.65. The molecule has 9 heteroatoms. The van der Waals surface area contributed by atoms with Crippen LogP contribution in [0.5, 0.6) is 0 Å². The number of ether oxygens (including phenoxy) is 1. The van der Waals surface area contributed by atoms with Crippen molar-refractivity contribution in [1.82, 2.24) is 30.2 Å². The van der Waals surface area contributed by atoms with Gasteiger partial charge in [0.15, 0.2) is 11.6 Å². The van der Waals surface area contributed by atoms with E-state index in [-0.39, 0.29) is 6.04 Å². The largest absolute Gasteiger partial charge is 0.377 e. The average molecular weight is 366 g/mol. The summed E-state index contributed by atoms with van der Waals surface area (Å²) in [5.41, 5.74) is 7.84. The van der Waals surface area contributed by atoms with Crippen molar-refractivity contribution in [3.05, 3.63) is 53.7 Å². The Hall–Kier alpha value is -2.91. The van der Waals surface area contributed by atoms with Gasteiger partial charge in [-0.15, -0.1) is 5.10 Å². The van der Waals surface area contributed by atoms with E-state index in [1.165, 1.54) is 0 Å². The highest BCUT2D eigenvalue weighted by Crippen LogP contribution is 2.35. The Labute approximate surface area is 157 Å². The molecule has 0 amide bonds. The number of nitrogens with one attached hydrogen (secondary N) is 1. The third-order valence-electron chi connectivity index (χ3n) is 4.62. The van der Waals surface area contributed by atoms with Crippen LogP contribution in [0.25, 0.3) is 5.69 Å². The molecule has 1 saturated carbocycles. The number of para-hydroxylation sites is 1. The van der Waals surface area contributed by atoms with Gasteiger partial charge in [0.25, 0.3) is 0 Å². The number of aromatic nitrogens is 6. The molecule has 9 nitrogen and oxygen atoms in total. The Morgan fingerprint density at radius 3 is 2.78 bits per heavy atom. The molecule has 3 N–H and O–H groups in total. The van der Waals surface area contributed by atoms with E-state index in [4.69, 9.17) is 10.5 Å². The molecule has 0 unspecified atom stereocenters. The van der Waals surface area contributed by atoms with Crippen LogP contribution in [-0.2, 0) is 17.9 Å². The molecule has 1 aliphatic rings. The molecule has 0 radical (unpaired) electrons. The smallest absolute Gasteiger partial charge is 0.175 e. The van der Waals surface area contributed by atoms with Gasteiger partial charge in [0.05, 0.1) is 12.2 Å². The molecule has 2 heterocycles. The van der Waals surface area contributed by atoms with Gasteiger partial charge < -0.3 is 15.8 Å². The highest BCUT2D eigenvalue weighted by atomic mass is 16.5. The fourth-order valence-electron chi connectivity index (χ4n) is 3.17. The molecule has 3 aromatic rings. The molecule has 2 aromatic heterocycles. The minimum atomic E-state index is 0.266. The third kappa shape index (κ3) is 3.93. The molecule has 1 fully saturated rings.